The molecule has 0 aliphatic heterocycles. The average Bonchev–Trinajstić information content (AvgIpc) is 2.41. The Morgan fingerprint density at radius 2 is 1.30 bits per heavy atom. The van der Waals surface area contributed by atoms with Crippen molar-refractivity contribution in [1.82, 2.24) is 0 Å². The Balaban J connectivity index is 3.25. The number of hydrogen-bond donors (Lipinski definition) is 1. The van der Waals surface area contributed by atoms with Gasteiger partial charge < -0.3 is 5.73 Å². The van der Waals surface area contributed by atoms with Crippen LogP contribution in [0.1, 0.15) is 91.4 Å². The first-order valence-corrected chi connectivity index (χ1v) is 8.38. The van der Waals surface area contributed by atoms with E-state index in [2.05, 4.69) is 16.8 Å². The van der Waals surface area contributed by atoms with Gasteiger partial charge in [0.25, 0.3) is 0 Å². The summed E-state index contributed by atoms with van der Waals surface area (Å²) in [6.45, 7) is 6.36. The lowest BCUT2D eigenvalue weighted by Crippen LogP contribution is -2.39. The molecular formula is C16H35NO3. The topological polar surface area (TPSA) is 53.7 Å². The summed E-state index contributed by atoms with van der Waals surface area (Å²) in [4.78, 5) is 9.67. The second kappa shape index (κ2) is 13.8. The maximum Gasteiger partial charge on any atom is 0.152 e. The van der Waals surface area contributed by atoms with Gasteiger partial charge in [-0.2, -0.15) is 4.89 Å². The molecule has 0 spiro atoms. The molecule has 0 aromatic heterocycles. The van der Waals surface area contributed by atoms with Crippen LogP contribution in [0.3, 0.4) is 0 Å². The van der Waals surface area contributed by atoms with E-state index in [4.69, 9.17) is 10.6 Å². The second-order valence-corrected chi connectivity index (χ2v) is 5.80. The highest BCUT2D eigenvalue weighted by molar-refractivity contribution is 4.64. The fourth-order valence-corrected chi connectivity index (χ4v) is 2.15. The van der Waals surface area contributed by atoms with Crippen LogP contribution in [0.4, 0.5) is 0 Å². The van der Waals surface area contributed by atoms with Crippen molar-refractivity contribution in [3.05, 3.63) is 0 Å². The van der Waals surface area contributed by atoms with Gasteiger partial charge in [-0.1, -0.05) is 69.7 Å². The summed E-state index contributed by atoms with van der Waals surface area (Å²) in [5, 5.41) is 4.56. The highest BCUT2D eigenvalue weighted by atomic mass is 17.5. The van der Waals surface area contributed by atoms with Crippen LogP contribution in [-0.2, 0) is 14.8 Å². The summed E-state index contributed by atoms with van der Waals surface area (Å²) in [5.74, 6) is 0. The fraction of sp³-hybridized carbons (Fsp3) is 1.00. The van der Waals surface area contributed by atoms with Crippen LogP contribution in [0.2, 0.25) is 0 Å². The molecular weight excluding hydrogens is 254 g/mol. The van der Waals surface area contributed by atoms with Crippen molar-refractivity contribution in [2.24, 2.45) is 5.73 Å². The molecule has 0 aromatic rings. The molecule has 20 heavy (non-hydrogen) atoms. The Hall–Kier alpha value is -0.160. The van der Waals surface area contributed by atoms with Crippen molar-refractivity contribution < 1.29 is 14.8 Å². The summed E-state index contributed by atoms with van der Waals surface area (Å²) in [6, 6.07) is 0. The summed E-state index contributed by atoms with van der Waals surface area (Å²) in [5.41, 5.74) is 5.18. The van der Waals surface area contributed by atoms with Crippen molar-refractivity contribution >= 4 is 0 Å². The molecule has 0 aliphatic carbocycles. The molecule has 0 amide bonds. The molecule has 4 nitrogen and oxygen atoms in total. The lowest BCUT2D eigenvalue weighted by atomic mass is 10.0. The minimum Gasteiger partial charge on any atom is -0.301 e. The van der Waals surface area contributed by atoms with E-state index < -0.39 is 5.72 Å². The van der Waals surface area contributed by atoms with Crippen molar-refractivity contribution in [2.75, 3.05) is 6.61 Å². The van der Waals surface area contributed by atoms with E-state index in [1.54, 1.807) is 0 Å². The molecule has 0 aromatic carbocycles. The van der Waals surface area contributed by atoms with Gasteiger partial charge in [-0.05, 0) is 26.7 Å². The van der Waals surface area contributed by atoms with E-state index in [1.807, 2.05) is 13.8 Å². The largest absolute Gasteiger partial charge is 0.301 e. The van der Waals surface area contributed by atoms with Crippen molar-refractivity contribution in [1.29, 1.82) is 0 Å². The van der Waals surface area contributed by atoms with Crippen LogP contribution in [0.5, 0.6) is 0 Å². The monoisotopic (exact) mass is 289 g/mol. The van der Waals surface area contributed by atoms with Gasteiger partial charge in [-0.3, -0.25) is 0 Å². The van der Waals surface area contributed by atoms with E-state index in [0.717, 1.165) is 12.8 Å². The third kappa shape index (κ3) is 14.3. The Bertz CT molecular complexity index is 198. The number of nitrogens with two attached hydrogens (primary N) is 1. The zero-order chi connectivity index (χ0) is 15.1. The Morgan fingerprint density at radius 1 is 0.800 bits per heavy atom. The third-order valence-corrected chi connectivity index (χ3v) is 3.42. The van der Waals surface area contributed by atoms with Gasteiger partial charge in [0.05, 0.1) is 6.61 Å². The summed E-state index contributed by atoms with van der Waals surface area (Å²) < 4.78 is 0. The highest BCUT2D eigenvalue weighted by Crippen LogP contribution is 2.16. The minimum absolute atomic E-state index is 0.453. The van der Waals surface area contributed by atoms with Gasteiger partial charge in [-0.15, -0.1) is 0 Å². The average molecular weight is 289 g/mol. The molecule has 0 heterocycles. The molecule has 2 N–H and O–H groups in total. The van der Waals surface area contributed by atoms with Crippen LogP contribution >= 0.6 is 0 Å². The molecule has 0 bridgehead atoms. The lowest BCUT2D eigenvalue weighted by molar-refractivity contribution is -0.541. The van der Waals surface area contributed by atoms with Crippen molar-refractivity contribution in [3.8, 4) is 0 Å². The minimum atomic E-state index is -0.755. The van der Waals surface area contributed by atoms with E-state index in [0.29, 0.717) is 6.61 Å². The number of unbranched alkanes of at least 4 members (excludes halogenated alkanes) is 9. The molecule has 0 saturated heterocycles. The predicted molar refractivity (Wildman–Crippen MR) is 82.8 cm³/mol. The second-order valence-electron chi connectivity index (χ2n) is 5.80. The fourth-order valence-electron chi connectivity index (χ4n) is 2.15. The lowest BCUT2D eigenvalue weighted by Gasteiger charge is -2.21. The smallest absolute Gasteiger partial charge is 0.152 e. The summed E-state index contributed by atoms with van der Waals surface area (Å²) in [6.07, 6.45) is 14.0. The molecule has 0 saturated carbocycles. The summed E-state index contributed by atoms with van der Waals surface area (Å²) >= 11 is 0. The van der Waals surface area contributed by atoms with Crippen LogP contribution in [0.15, 0.2) is 0 Å². The van der Waals surface area contributed by atoms with Gasteiger partial charge in [-0.25, -0.2) is 4.89 Å². The first-order chi connectivity index (χ1) is 9.62. The zero-order valence-corrected chi connectivity index (χ0v) is 13.8. The third-order valence-electron chi connectivity index (χ3n) is 3.42. The highest BCUT2D eigenvalue weighted by Gasteiger charge is 2.20. The quantitative estimate of drug-likeness (QED) is 0.202. The van der Waals surface area contributed by atoms with E-state index in [1.165, 1.54) is 57.8 Å². The van der Waals surface area contributed by atoms with E-state index >= 15 is 0 Å². The van der Waals surface area contributed by atoms with E-state index in [9.17, 15) is 0 Å². The Labute approximate surface area is 125 Å². The van der Waals surface area contributed by atoms with Crippen molar-refractivity contribution in [2.45, 2.75) is 97.1 Å². The van der Waals surface area contributed by atoms with Crippen LogP contribution < -0.4 is 5.73 Å². The molecule has 4 heteroatoms. The standard InChI is InChI=1S/C16H35NO3/c1-4-6-7-8-9-10-11-12-13-14-15-16(3,17)19-20-18-5-2/h4-15,17H2,1-3H3. The van der Waals surface area contributed by atoms with Crippen molar-refractivity contribution in [3.63, 3.8) is 0 Å². The van der Waals surface area contributed by atoms with Gasteiger partial charge >= 0.3 is 0 Å². The van der Waals surface area contributed by atoms with Crippen LogP contribution in [0.25, 0.3) is 0 Å². The molecule has 1 unspecified atom stereocenters. The van der Waals surface area contributed by atoms with Gasteiger partial charge in [0, 0.05) is 0 Å². The van der Waals surface area contributed by atoms with Gasteiger partial charge in [0.15, 0.2) is 5.72 Å². The molecule has 1 atom stereocenters. The molecule has 0 rings (SSSR count). The van der Waals surface area contributed by atoms with Crippen LogP contribution in [0, 0.1) is 0 Å². The van der Waals surface area contributed by atoms with E-state index in [-0.39, 0.29) is 0 Å². The maximum absolute atomic E-state index is 5.94. The number of hydrogen-bond acceptors (Lipinski definition) is 4. The normalized spacial score (nSPS) is 14.4. The summed E-state index contributed by atoms with van der Waals surface area (Å²) in [7, 11) is 0. The number of rotatable bonds is 15. The SMILES string of the molecule is CCCCCCCCCCCCC(C)(N)OOOCC. The molecule has 0 radical (unpaired) electrons. The maximum atomic E-state index is 5.94. The molecule has 122 valence electrons. The Morgan fingerprint density at radius 3 is 1.80 bits per heavy atom. The van der Waals surface area contributed by atoms with Gasteiger partial charge in [0.1, 0.15) is 0 Å². The molecule has 0 fully saturated rings. The van der Waals surface area contributed by atoms with Gasteiger partial charge in [0.2, 0.25) is 0 Å². The van der Waals surface area contributed by atoms with Crippen LogP contribution in [-0.4, -0.2) is 12.3 Å². The Kier molecular flexibility index (Phi) is 13.7. The zero-order valence-electron chi connectivity index (χ0n) is 13.8. The predicted octanol–water partition coefficient (Wildman–Crippen LogP) is 4.87. The first kappa shape index (κ1) is 19.8. The molecule has 0 aliphatic rings. The first-order valence-electron chi connectivity index (χ1n) is 8.38.